The number of halogens is 3. The molecule has 11 heteroatoms. The fourth-order valence-electron chi connectivity index (χ4n) is 2.67. The minimum atomic E-state index is -4.68. The molecule has 0 aromatic heterocycles. The van der Waals surface area contributed by atoms with Gasteiger partial charge in [0.2, 0.25) is 0 Å². The predicted molar refractivity (Wildman–Crippen MR) is 96.4 cm³/mol. The second-order valence-electron chi connectivity index (χ2n) is 6.03. The van der Waals surface area contributed by atoms with Crippen LogP contribution in [0.4, 0.5) is 24.5 Å². The van der Waals surface area contributed by atoms with Crippen molar-refractivity contribution in [2.45, 2.75) is 6.18 Å². The van der Waals surface area contributed by atoms with Gasteiger partial charge in [0, 0.05) is 24.7 Å². The molecule has 3 rings (SSSR count). The first-order chi connectivity index (χ1) is 13.8. The summed E-state index contributed by atoms with van der Waals surface area (Å²) in [4.78, 5) is 22.4. The quantitative estimate of drug-likeness (QED) is 0.430. The molecule has 1 aliphatic rings. The molecule has 0 atom stereocenters. The fraction of sp³-hybridized carbons (Fsp3) is 0.278. The molecule has 2 aromatic carbocycles. The number of benzene rings is 2. The number of nitro groups is 1. The number of hydrogen-bond donors (Lipinski definition) is 2. The summed E-state index contributed by atoms with van der Waals surface area (Å²) in [5, 5.41) is 16.3. The first kappa shape index (κ1) is 20.2. The number of fused-ring (bicyclic) bond motifs is 1. The lowest BCUT2D eigenvalue weighted by Crippen LogP contribution is -2.29. The summed E-state index contributed by atoms with van der Waals surface area (Å²) in [7, 11) is 0. The zero-order valence-electron chi connectivity index (χ0n) is 14.9. The second kappa shape index (κ2) is 8.25. The van der Waals surface area contributed by atoms with Gasteiger partial charge in [-0.25, -0.2) is 0 Å². The molecular formula is C18H16F3N3O5. The van der Waals surface area contributed by atoms with Gasteiger partial charge in [0.1, 0.15) is 18.9 Å². The fourth-order valence-corrected chi connectivity index (χ4v) is 2.67. The van der Waals surface area contributed by atoms with Crippen molar-refractivity contribution in [1.82, 2.24) is 5.32 Å². The maximum atomic E-state index is 12.7. The van der Waals surface area contributed by atoms with Crippen LogP contribution in [0, 0.1) is 10.1 Å². The van der Waals surface area contributed by atoms with Crippen LogP contribution in [0.25, 0.3) is 0 Å². The molecule has 1 heterocycles. The molecule has 0 radical (unpaired) electrons. The van der Waals surface area contributed by atoms with Crippen LogP contribution in [0.5, 0.6) is 11.5 Å². The van der Waals surface area contributed by atoms with Crippen molar-refractivity contribution in [3.63, 3.8) is 0 Å². The molecule has 0 saturated heterocycles. The molecule has 0 spiro atoms. The number of nitrogens with zero attached hydrogens (tertiary/aromatic N) is 1. The predicted octanol–water partition coefficient (Wildman–Crippen LogP) is 3.23. The Labute approximate surface area is 162 Å². The van der Waals surface area contributed by atoms with Crippen molar-refractivity contribution in [2.75, 3.05) is 31.6 Å². The number of anilines is 1. The maximum Gasteiger partial charge on any atom is 0.416 e. The van der Waals surface area contributed by atoms with Crippen molar-refractivity contribution in [3.05, 3.63) is 57.6 Å². The Morgan fingerprint density at radius 3 is 2.48 bits per heavy atom. The lowest BCUT2D eigenvalue weighted by Gasteiger charge is -2.18. The molecule has 0 unspecified atom stereocenters. The van der Waals surface area contributed by atoms with Crippen LogP contribution >= 0.6 is 0 Å². The van der Waals surface area contributed by atoms with E-state index in [2.05, 4.69) is 10.6 Å². The standard InChI is InChI=1S/C18H16F3N3O5/c19-18(20,21)12-2-3-13(14(10-12)24(26)27)22-5-6-23-17(25)11-1-4-15-16(9-11)29-8-7-28-15/h1-4,9-10,22H,5-8H2,(H,23,25). The molecule has 0 bridgehead atoms. The van der Waals surface area contributed by atoms with Gasteiger partial charge in [-0.3, -0.25) is 14.9 Å². The summed E-state index contributed by atoms with van der Waals surface area (Å²) >= 11 is 0. The highest BCUT2D eigenvalue weighted by molar-refractivity contribution is 5.94. The van der Waals surface area contributed by atoms with E-state index in [9.17, 15) is 28.1 Å². The Bertz CT molecular complexity index is 933. The highest BCUT2D eigenvalue weighted by Gasteiger charge is 2.33. The first-order valence-corrected chi connectivity index (χ1v) is 8.53. The molecule has 0 saturated carbocycles. The second-order valence-corrected chi connectivity index (χ2v) is 6.03. The Morgan fingerprint density at radius 2 is 1.79 bits per heavy atom. The highest BCUT2D eigenvalue weighted by atomic mass is 19.4. The molecule has 2 aromatic rings. The molecule has 8 nitrogen and oxygen atoms in total. The number of hydrogen-bond acceptors (Lipinski definition) is 6. The topological polar surface area (TPSA) is 103 Å². The number of rotatable bonds is 6. The smallest absolute Gasteiger partial charge is 0.416 e. The van der Waals surface area contributed by atoms with Gasteiger partial charge in [-0.15, -0.1) is 0 Å². The van der Waals surface area contributed by atoms with Crippen molar-refractivity contribution >= 4 is 17.3 Å². The Balaban J connectivity index is 1.57. The molecule has 154 valence electrons. The van der Waals surface area contributed by atoms with Crippen LogP contribution in [0.3, 0.4) is 0 Å². The van der Waals surface area contributed by atoms with Crippen LogP contribution in [-0.2, 0) is 6.18 Å². The number of alkyl halides is 3. The third-order valence-corrected chi connectivity index (χ3v) is 4.05. The van der Waals surface area contributed by atoms with Gasteiger partial charge in [-0.2, -0.15) is 13.2 Å². The summed E-state index contributed by atoms with van der Waals surface area (Å²) in [5.41, 5.74) is -1.54. The van der Waals surface area contributed by atoms with Crippen molar-refractivity contribution < 1.29 is 32.4 Å². The zero-order valence-corrected chi connectivity index (χ0v) is 14.9. The summed E-state index contributed by atoms with van der Waals surface area (Å²) < 4.78 is 48.9. The zero-order chi connectivity index (χ0) is 21.0. The average Bonchev–Trinajstić information content (AvgIpc) is 2.69. The summed E-state index contributed by atoms with van der Waals surface area (Å²) in [6.07, 6.45) is -4.68. The first-order valence-electron chi connectivity index (χ1n) is 8.53. The molecule has 0 aliphatic carbocycles. The van der Waals surface area contributed by atoms with Crippen molar-refractivity contribution in [2.24, 2.45) is 0 Å². The van der Waals surface area contributed by atoms with Gasteiger partial charge < -0.3 is 20.1 Å². The van der Waals surface area contributed by atoms with Gasteiger partial charge in [-0.1, -0.05) is 0 Å². The SMILES string of the molecule is O=C(NCCNc1ccc(C(F)(F)F)cc1[N+](=O)[O-])c1ccc2c(c1)OCCO2. The number of carbonyl (C=O) groups excluding carboxylic acids is 1. The van der Waals surface area contributed by atoms with Crippen LogP contribution < -0.4 is 20.1 Å². The summed E-state index contributed by atoms with van der Waals surface area (Å²) in [5.74, 6) is 0.608. The van der Waals surface area contributed by atoms with Gasteiger partial charge in [-0.05, 0) is 30.3 Å². The maximum absolute atomic E-state index is 12.7. The Morgan fingerprint density at radius 1 is 1.07 bits per heavy atom. The number of nitro benzene ring substituents is 1. The van der Waals surface area contributed by atoms with E-state index >= 15 is 0 Å². The summed E-state index contributed by atoms with van der Waals surface area (Å²) in [6.45, 7) is 0.974. The van der Waals surface area contributed by atoms with Crippen LogP contribution in [0.2, 0.25) is 0 Å². The third kappa shape index (κ3) is 4.86. The third-order valence-electron chi connectivity index (χ3n) is 4.05. The lowest BCUT2D eigenvalue weighted by atomic mass is 10.1. The summed E-state index contributed by atoms with van der Waals surface area (Å²) in [6, 6.07) is 6.94. The number of ether oxygens (including phenoxy) is 2. The minimum Gasteiger partial charge on any atom is -0.486 e. The normalized spacial score (nSPS) is 12.9. The van der Waals surface area contributed by atoms with E-state index in [-0.39, 0.29) is 18.8 Å². The molecule has 2 N–H and O–H groups in total. The Hall–Kier alpha value is -3.50. The van der Waals surface area contributed by atoms with E-state index in [4.69, 9.17) is 9.47 Å². The molecule has 0 fully saturated rings. The monoisotopic (exact) mass is 411 g/mol. The number of amides is 1. The number of nitrogens with one attached hydrogen (secondary N) is 2. The Kier molecular flexibility index (Phi) is 5.76. The van der Waals surface area contributed by atoms with Gasteiger partial charge >= 0.3 is 6.18 Å². The van der Waals surface area contributed by atoms with Crippen molar-refractivity contribution in [1.29, 1.82) is 0 Å². The molecule has 29 heavy (non-hydrogen) atoms. The molecule has 1 amide bonds. The van der Waals surface area contributed by atoms with E-state index < -0.39 is 28.3 Å². The van der Waals surface area contributed by atoms with E-state index in [0.29, 0.717) is 36.3 Å². The largest absolute Gasteiger partial charge is 0.486 e. The lowest BCUT2D eigenvalue weighted by molar-refractivity contribution is -0.384. The van der Waals surface area contributed by atoms with Gasteiger partial charge in [0.15, 0.2) is 11.5 Å². The van der Waals surface area contributed by atoms with E-state index in [1.807, 2.05) is 0 Å². The van der Waals surface area contributed by atoms with E-state index in [0.717, 1.165) is 12.1 Å². The minimum absolute atomic E-state index is 0.0719. The van der Waals surface area contributed by atoms with Gasteiger partial charge in [0.25, 0.3) is 11.6 Å². The molecule has 1 aliphatic heterocycles. The highest BCUT2D eigenvalue weighted by Crippen LogP contribution is 2.35. The van der Waals surface area contributed by atoms with E-state index in [1.54, 1.807) is 12.1 Å². The number of carbonyl (C=O) groups is 1. The van der Waals surface area contributed by atoms with Crippen LogP contribution in [0.15, 0.2) is 36.4 Å². The van der Waals surface area contributed by atoms with Crippen LogP contribution in [-0.4, -0.2) is 37.1 Å². The van der Waals surface area contributed by atoms with Crippen molar-refractivity contribution in [3.8, 4) is 11.5 Å². The van der Waals surface area contributed by atoms with Crippen LogP contribution in [0.1, 0.15) is 15.9 Å². The van der Waals surface area contributed by atoms with Gasteiger partial charge in [0.05, 0.1) is 10.5 Å². The molecular weight excluding hydrogens is 395 g/mol. The van der Waals surface area contributed by atoms with E-state index in [1.165, 1.54) is 6.07 Å². The average molecular weight is 411 g/mol.